The highest BCUT2D eigenvalue weighted by Gasteiger charge is 2.28. The summed E-state index contributed by atoms with van der Waals surface area (Å²) in [5.41, 5.74) is 0. The van der Waals surface area contributed by atoms with Gasteiger partial charge in [0.1, 0.15) is 0 Å². The number of rotatable bonds is 2. The van der Waals surface area contributed by atoms with Crippen LogP contribution in [0.3, 0.4) is 0 Å². The minimum absolute atomic E-state index is 0.412. The molecule has 0 aliphatic heterocycles. The Bertz CT molecular complexity index is 81.1. The van der Waals surface area contributed by atoms with E-state index in [2.05, 4.69) is 0 Å². The highest BCUT2D eigenvalue weighted by molar-refractivity contribution is 6.44. The first-order valence-electron chi connectivity index (χ1n) is 3.55. The van der Waals surface area contributed by atoms with Crippen molar-refractivity contribution in [3.8, 4) is 0 Å². The lowest BCUT2D eigenvalue weighted by Gasteiger charge is -2.08. The van der Waals surface area contributed by atoms with Crippen LogP contribution in [0.4, 0.5) is 0 Å². The second-order valence-corrected chi connectivity index (χ2v) is 2.67. The highest BCUT2D eigenvalue weighted by atomic mass is 16.5. The summed E-state index contributed by atoms with van der Waals surface area (Å²) >= 11 is 0. The van der Waals surface area contributed by atoms with Crippen molar-refractivity contribution in [3.63, 3.8) is 0 Å². The zero-order chi connectivity index (χ0) is 6.69. The van der Waals surface area contributed by atoms with Crippen LogP contribution in [0.1, 0.15) is 25.7 Å². The molecule has 0 heterocycles. The van der Waals surface area contributed by atoms with Crippen LogP contribution in [0, 0.1) is 0 Å². The van der Waals surface area contributed by atoms with Gasteiger partial charge in [0.05, 0.1) is 0 Å². The molecule has 1 rings (SSSR count). The van der Waals surface area contributed by atoms with E-state index in [9.17, 15) is 0 Å². The Kier molecular flexibility index (Phi) is 2.55. The lowest BCUT2D eigenvalue weighted by molar-refractivity contribution is 0.311. The standard InChI is InChI=1S/C6H13BO2/c1-9-7(8)6-4-2-3-5-6/h6,8H,2-5H2,1H3. The molecule has 0 atom stereocenters. The number of hydrogen-bond donors (Lipinski definition) is 1. The van der Waals surface area contributed by atoms with Gasteiger partial charge in [0.2, 0.25) is 0 Å². The van der Waals surface area contributed by atoms with E-state index in [1.165, 1.54) is 12.8 Å². The molecule has 0 spiro atoms. The van der Waals surface area contributed by atoms with E-state index in [0.717, 1.165) is 12.8 Å². The zero-order valence-electron chi connectivity index (χ0n) is 5.84. The predicted molar refractivity (Wildman–Crippen MR) is 37.2 cm³/mol. The van der Waals surface area contributed by atoms with Gasteiger partial charge in [0.15, 0.2) is 0 Å². The van der Waals surface area contributed by atoms with Gasteiger partial charge in [-0.2, -0.15) is 0 Å². The normalized spacial score (nSPS) is 20.7. The van der Waals surface area contributed by atoms with E-state index in [1.807, 2.05) is 0 Å². The Labute approximate surface area is 56.4 Å². The molecule has 1 aliphatic rings. The Morgan fingerprint density at radius 2 is 2.00 bits per heavy atom. The Balaban J connectivity index is 2.24. The minimum atomic E-state index is -0.507. The molecule has 0 radical (unpaired) electrons. The van der Waals surface area contributed by atoms with Crippen LogP contribution in [0.5, 0.6) is 0 Å². The monoisotopic (exact) mass is 128 g/mol. The Morgan fingerprint density at radius 3 is 2.44 bits per heavy atom. The third-order valence-corrected chi connectivity index (χ3v) is 2.04. The van der Waals surface area contributed by atoms with Gasteiger partial charge in [-0.1, -0.05) is 25.7 Å². The van der Waals surface area contributed by atoms with E-state index in [1.54, 1.807) is 7.11 Å². The maximum absolute atomic E-state index is 9.14. The van der Waals surface area contributed by atoms with Gasteiger partial charge < -0.3 is 9.68 Å². The number of hydrogen-bond acceptors (Lipinski definition) is 2. The molecule has 1 N–H and O–H groups in total. The molecule has 3 heteroatoms. The molecule has 9 heavy (non-hydrogen) atoms. The first-order chi connectivity index (χ1) is 4.34. The molecule has 0 saturated heterocycles. The van der Waals surface area contributed by atoms with Crippen molar-refractivity contribution >= 4 is 7.12 Å². The van der Waals surface area contributed by atoms with Crippen molar-refractivity contribution in [2.24, 2.45) is 0 Å². The van der Waals surface area contributed by atoms with Crippen molar-refractivity contribution in [1.29, 1.82) is 0 Å². The van der Waals surface area contributed by atoms with Crippen molar-refractivity contribution in [3.05, 3.63) is 0 Å². The van der Waals surface area contributed by atoms with Crippen LogP contribution in [0.15, 0.2) is 0 Å². The summed E-state index contributed by atoms with van der Waals surface area (Å²) in [5.74, 6) is 0.412. The average molecular weight is 128 g/mol. The van der Waals surface area contributed by atoms with Crippen molar-refractivity contribution < 1.29 is 9.68 Å². The van der Waals surface area contributed by atoms with Crippen LogP contribution in [-0.4, -0.2) is 19.3 Å². The molecule has 1 fully saturated rings. The van der Waals surface area contributed by atoms with Gasteiger partial charge >= 0.3 is 7.12 Å². The lowest BCUT2D eigenvalue weighted by Crippen LogP contribution is -2.20. The van der Waals surface area contributed by atoms with Gasteiger partial charge in [0, 0.05) is 7.11 Å². The lowest BCUT2D eigenvalue weighted by atomic mass is 9.71. The van der Waals surface area contributed by atoms with Crippen LogP contribution in [0.25, 0.3) is 0 Å². The maximum Gasteiger partial charge on any atom is 0.457 e. The fourth-order valence-electron chi connectivity index (χ4n) is 1.43. The minimum Gasteiger partial charge on any atom is -0.427 e. The second kappa shape index (κ2) is 3.23. The summed E-state index contributed by atoms with van der Waals surface area (Å²) < 4.78 is 4.79. The topological polar surface area (TPSA) is 29.5 Å². The van der Waals surface area contributed by atoms with E-state index in [4.69, 9.17) is 9.68 Å². The van der Waals surface area contributed by atoms with E-state index in [0.29, 0.717) is 5.82 Å². The van der Waals surface area contributed by atoms with E-state index in [-0.39, 0.29) is 0 Å². The van der Waals surface area contributed by atoms with Crippen molar-refractivity contribution in [2.75, 3.05) is 7.11 Å². The van der Waals surface area contributed by atoms with Gasteiger partial charge in [-0.15, -0.1) is 0 Å². The Hall–Kier alpha value is -0.0151. The molecule has 0 aromatic heterocycles. The molecule has 1 saturated carbocycles. The first kappa shape index (κ1) is 7.10. The van der Waals surface area contributed by atoms with Crippen molar-refractivity contribution in [2.45, 2.75) is 31.5 Å². The fourth-order valence-corrected chi connectivity index (χ4v) is 1.43. The molecule has 0 unspecified atom stereocenters. The first-order valence-corrected chi connectivity index (χ1v) is 3.55. The van der Waals surface area contributed by atoms with Crippen LogP contribution < -0.4 is 0 Å². The van der Waals surface area contributed by atoms with Gasteiger partial charge in [-0.05, 0) is 5.82 Å². The second-order valence-electron chi connectivity index (χ2n) is 2.67. The largest absolute Gasteiger partial charge is 0.457 e. The van der Waals surface area contributed by atoms with E-state index >= 15 is 0 Å². The summed E-state index contributed by atoms with van der Waals surface area (Å²) in [4.78, 5) is 0. The molecule has 2 nitrogen and oxygen atoms in total. The van der Waals surface area contributed by atoms with Crippen LogP contribution in [-0.2, 0) is 4.65 Å². The third kappa shape index (κ3) is 1.70. The Morgan fingerprint density at radius 1 is 1.44 bits per heavy atom. The summed E-state index contributed by atoms with van der Waals surface area (Å²) in [5, 5.41) is 9.14. The van der Waals surface area contributed by atoms with Gasteiger partial charge in [-0.3, -0.25) is 0 Å². The van der Waals surface area contributed by atoms with Gasteiger partial charge in [-0.25, -0.2) is 0 Å². The maximum atomic E-state index is 9.14. The average Bonchev–Trinajstić information content (AvgIpc) is 2.37. The molecule has 52 valence electrons. The smallest absolute Gasteiger partial charge is 0.427 e. The molecular formula is C6H13BO2. The van der Waals surface area contributed by atoms with Crippen molar-refractivity contribution in [1.82, 2.24) is 0 Å². The SMILES string of the molecule is COB(O)C1CCCC1. The fraction of sp³-hybridized carbons (Fsp3) is 1.00. The summed E-state index contributed by atoms with van der Waals surface area (Å²) in [7, 11) is 1.05. The highest BCUT2D eigenvalue weighted by Crippen LogP contribution is 2.31. The molecule has 1 aliphatic carbocycles. The summed E-state index contributed by atoms with van der Waals surface area (Å²) in [6.45, 7) is 0. The summed E-state index contributed by atoms with van der Waals surface area (Å²) in [6.07, 6.45) is 4.78. The zero-order valence-corrected chi connectivity index (χ0v) is 5.84. The van der Waals surface area contributed by atoms with Crippen LogP contribution in [0.2, 0.25) is 5.82 Å². The molecule has 0 aromatic rings. The predicted octanol–water partition coefficient (Wildman–Crippen LogP) is 1.06. The molecule has 0 amide bonds. The van der Waals surface area contributed by atoms with Crippen LogP contribution >= 0.6 is 0 Å². The van der Waals surface area contributed by atoms with E-state index < -0.39 is 7.12 Å². The third-order valence-electron chi connectivity index (χ3n) is 2.04. The quantitative estimate of drug-likeness (QED) is 0.563. The summed E-state index contributed by atoms with van der Waals surface area (Å²) in [6, 6.07) is 0. The molecule has 0 aromatic carbocycles. The van der Waals surface area contributed by atoms with Gasteiger partial charge in [0.25, 0.3) is 0 Å². The molecular weight excluding hydrogens is 115 g/mol. The molecule has 0 bridgehead atoms.